The van der Waals surface area contributed by atoms with E-state index in [-0.39, 0.29) is 12.1 Å². The van der Waals surface area contributed by atoms with Crippen LogP contribution in [0.1, 0.15) is 44.6 Å². The summed E-state index contributed by atoms with van der Waals surface area (Å²) in [7, 11) is 0. The Kier molecular flexibility index (Phi) is 3.50. The zero-order chi connectivity index (χ0) is 11.7. The van der Waals surface area contributed by atoms with Crippen LogP contribution in [0.4, 0.5) is 4.39 Å². The Morgan fingerprint density at radius 1 is 1.62 bits per heavy atom. The summed E-state index contributed by atoms with van der Waals surface area (Å²) in [4.78, 5) is 0. The van der Waals surface area contributed by atoms with Crippen LogP contribution in [-0.2, 0) is 0 Å². The molecule has 2 unspecified atom stereocenters. The topological polar surface area (TPSA) is 29.9 Å². The lowest BCUT2D eigenvalue weighted by Gasteiger charge is -2.19. The van der Waals surface area contributed by atoms with Crippen LogP contribution in [-0.4, -0.2) is 22.4 Å². The smallest absolute Gasteiger partial charge is 0.158 e. The van der Waals surface area contributed by atoms with E-state index in [9.17, 15) is 4.39 Å². The van der Waals surface area contributed by atoms with Gasteiger partial charge in [0.15, 0.2) is 6.17 Å². The third kappa shape index (κ3) is 2.09. The van der Waals surface area contributed by atoms with Gasteiger partial charge in [0.2, 0.25) is 0 Å². The van der Waals surface area contributed by atoms with E-state index in [1.54, 1.807) is 4.68 Å². The van der Waals surface area contributed by atoms with Gasteiger partial charge >= 0.3 is 0 Å². The first-order valence-corrected chi connectivity index (χ1v) is 6.09. The van der Waals surface area contributed by atoms with Crippen LogP contribution in [0, 0.1) is 0 Å². The molecule has 0 saturated carbocycles. The quantitative estimate of drug-likeness (QED) is 0.888. The minimum atomic E-state index is -1.07. The predicted octanol–water partition coefficient (Wildman–Crippen LogP) is 2.88. The number of aromatic nitrogens is 2. The summed E-state index contributed by atoms with van der Waals surface area (Å²) < 4.78 is 16.0. The highest BCUT2D eigenvalue weighted by molar-refractivity contribution is 6.31. The summed E-state index contributed by atoms with van der Waals surface area (Å²) in [6, 6.07) is 0.00820. The Bertz CT molecular complexity index is 358. The summed E-state index contributed by atoms with van der Waals surface area (Å²) in [6.07, 6.45) is 2.34. The molecule has 0 spiro atoms. The number of alkyl halides is 1. The fraction of sp³-hybridized carbons (Fsp3) is 0.727. The Morgan fingerprint density at radius 2 is 2.38 bits per heavy atom. The molecule has 0 radical (unpaired) electrons. The SMILES string of the molecule is CC(C)n1ncc(Cl)c1C(F)C1CCCN1. The van der Waals surface area contributed by atoms with Gasteiger partial charge in [-0.25, -0.2) is 4.39 Å². The Balaban J connectivity index is 2.27. The van der Waals surface area contributed by atoms with E-state index in [1.165, 1.54) is 6.20 Å². The van der Waals surface area contributed by atoms with E-state index < -0.39 is 6.17 Å². The molecular weight excluding hydrogens is 229 g/mol. The van der Waals surface area contributed by atoms with Crippen molar-refractivity contribution in [3.05, 3.63) is 16.9 Å². The average Bonchev–Trinajstić information content (AvgIpc) is 2.84. The van der Waals surface area contributed by atoms with E-state index in [0.717, 1.165) is 19.4 Å². The highest BCUT2D eigenvalue weighted by Crippen LogP contribution is 2.32. The lowest BCUT2D eigenvalue weighted by atomic mass is 10.1. The molecule has 5 heteroatoms. The largest absolute Gasteiger partial charge is 0.311 e. The van der Waals surface area contributed by atoms with Gasteiger partial charge in [-0.2, -0.15) is 5.10 Å². The van der Waals surface area contributed by atoms with E-state index in [4.69, 9.17) is 11.6 Å². The van der Waals surface area contributed by atoms with Gasteiger partial charge < -0.3 is 5.32 Å². The number of hydrogen-bond donors (Lipinski definition) is 1. The molecule has 2 heterocycles. The molecule has 0 bridgehead atoms. The fourth-order valence-electron chi connectivity index (χ4n) is 2.17. The highest BCUT2D eigenvalue weighted by atomic mass is 35.5. The molecule has 1 aromatic rings. The van der Waals surface area contributed by atoms with Gasteiger partial charge in [-0.1, -0.05) is 11.6 Å². The number of nitrogens with zero attached hydrogens (tertiary/aromatic N) is 2. The van der Waals surface area contributed by atoms with Crippen LogP contribution in [0.2, 0.25) is 5.02 Å². The van der Waals surface area contributed by atoms with Crippen LogP contribution >= 0.6 is 11.6 Å². The van der Waals surface area contributed by atoms with Crippen LogP contribution in [0.3, 0.4) is 0 Å². The third-order valence-electron chi connectivity index (χ3n) is 2.99. The van der Waals surface area contributed by atoms with Crippen LogP contribution in [0.5, 0.6) is 0 Å². The first kappa shape index (κ1) is 11.9. The lowest BCUT2D eigenvalue weighted by molar-refractivity contribution is 0.250. The third-order valence-corrected chi connectivity index (χ3v) is 3.28. The van der Waals surface area contributed by atoms with Crippen LogP contribution in [0.25, 0.3) is 0 Å². The molecule has 1 aromatic heterocycles. The number of halogens is 2. The van der Waals surface area contributed by atoms with Crippen LogP contribution in [0.15, 0.2) is 6.20 Å². The maximum Gasteiger partial charge on any atom is 0.158 e. The van der Waals surface area contributed by atoms with Gasteiger partial charge in [0.1, 0.15) is 0 Å². The van der Waals surface area contributed by atoms with Gasteiger partial charge in [-0.15, -0.1) is 0 Å². The van der Waals surface area contributed by atoms with Crippen LogP contribution < -0.4 is 5.32 Å². The average molecular weight is 246 g/mol. The predicted molar refractivity (Wildman–Crippen MR) is 62.5 cm³/mol. The van der Waals surface area contributed by atoms with Crippen molar-refractivity contribution in [3.8, 4) is 0 Å². The fourth-order valence-corrected chi connectivity index (χ4v) is 2.41. The molecule has 2 atom stereocenters. The molecule has 1 aliphatic heterocycles. The lowest BCUT2D eigenvalue weighted by Crippen LogP contribution is -2.28. The van der Waals surface area contributed by atoms with Gasteiger partial charge in [0.25, 0.3) is 0 Å². The number of nitrogens with one attached hydrogen (secondary N) is 1. The van der Waals surface area contributed by atoms with Gasteiger partial charge in [0, 0.05) is 12.1 Å². The second-order valence-corrected chi connectivity index (χ2v) is 4.93. The Hall–Kier alpha value is -0.610. The number of hydrogen-bond acceptors (Lipinski definition) is 2. The van der Waals surface area contributed by atoms with Crippen molar-refractivity contribution in [2.24, 2.45) is 0 Å². The number of rotatable bonds is 3. The van der Waals surface area contributed by atoms with E-state index >= 15 is 0 Å². The normalized spacial score (nSPS) is 22.9. The zero-order valence-electron chi connectivity index (χ0n) is 9.58. The van der Waals surface area contributed by atoms with Gasteiger partial charge in [0.05, 0.1) is 16.9 Å². The zero-order valence-corrected chi connectivity index (χ0v) is 10.3. The van der Waals surface area contributed by atoms with Crippen molar-refractivity contribution < 1.29 is 4.39 Å². The molecule has 90 valence electrons. The van der Waals surface area contributed by atoms with Gasteiger partial charge in [-0.3, -0.25) is 4.68 Å². The molecule has 1 fully saturated rings. The molecule has 1 aliphatic rings. The maximum absolute atomic E-state index is 14.3. The monoisotopic (exact) mass is 245 g/mol. The standard InChI is InChI=1S/C11H17ClFN3/c1-7(2)16-11(8(12)6-15-16)10(13)9-4-3-5-14-9/h6-7,9-10,14H,3-5H2,1-2H3. The maximum atomic E-state index is 14.3. The summed E-state index contributed by atoms with van der Waals surface area (Å²) >= 11 is 6.01. The minimum absolute atomic E-state index is 0.119. The molecule has 2 rings (SSSR count). The van der Waals surface area contributed by atoms with E-state index in [1.807, 2.05) is 13.8 Å². The second-order valence-electron chi connectivity index (χ2n) is 4.52. The van der Waals surface area contributed by atoms with Crippen molar-refractivity contribution in [1.29, 1.82) is 0 Å². The van der Waals surface area contributed by atoms with Crippen molar-refractivity contribution in [1.82, 2.24) is 15.1 Å². The summed E-state index contributed by atoms with van der Waals surface area (Å²) in [5.74, 6) is 0. The van der Waals surface area contributed by atoms with Crippen molar-refractivity contribution in [2.45, 2.75) is 44.9 Å². The van der Waals surface area contributed by atoms with Gasteiger partial charge in [-0.05, 0) is 33.2 Å². The Morgan fingerprint density at radius 3 is 2.94 bits per heavy atom. The van der Waals surface area contributed by atoms with Crippen molar-refractivity contribution in [2.75, 3.05) is 6.54 Å². The Labute approximate surface area is 100.0 Å². The highest BCUT2D eigenvalue weighted by Gasteiger charge is 2.30. The van der Waals surface area contributed by atoms with Crippen molar-refractivity contribution >= 4 is 11.6 Å². The molecule has 16 heavy (non-hydrogen) atoms. The molecule has 1 N–H and O–H groups in total. The molecule has 1 saturated heterocycles. The summed E-state index contributed by atoms with van der Waals surface area (Å²) in [6.45, 7) is 4.84. The molecule has 0 aromatic carbocycles. The van der Waals surface area contributed by atoms with E-state index in [2.05, 4.69) is 10.4 Å². The summed E-state index contributed by atoms with van der Waals surface area (Å²) in [5.41, 5.74) is 0.510. The summed E-state index contributed by atoms with van der Waals surface area (Å²) in [5, 5.41) is 7.71. The molecular formula is C11H17ClFN3. The first-order chi connectivity index (χ1) is 7.61. The molecule has 0 aliphatic carbocycles. The van der Waals surface area contributed by atoms with E-state index in [0.29, 0.717) is 10.7 Å². The molecule has 0 amide bonds. The van der Waals surface area contributed by atoms with Crippen molar-refractivity contribution in [3.63, 3.8) is 0 Å². The minimum Gasteiger partial charge on any atom is -0.311 e. The second kappa shape index (κ2) is 4.72. The molecule has 3 nitrogen and oxygen atoms in total. The first-order valence-electron chi connectivity index (χ1n) is 5.71.